The van der Waals surface area contributed by atoms with Gasteiger partial charge >= 0.3 is 0 Å². The highest BCUT2D eigenvalue weighted by Crippen LogP contribution is 2.28. The van der Waals surface area contributed by atoms with Gasteiger partial charge in [-0.3, -0.25) is 14.3 Å². The van der Waals surface area contributed by atoms with Crippen molar-refractivity contribution in [1.29, 1.82) is 0 Å². The number of nitrogens with one attached hydrogen (secondary N) is 3. The number of rotatable bonds is 5. The first-order chi connectivity index (χ1) is 15.5. The molecule has 0 radical (unpaired) electrons. The van der Waals surface area contributed by atoms with Crippen LogP contribution in [-0.4, -0.2) is 44.1 Å². The summed E-state index contributed by atoms with van der Waals surface area (Å²) >= 11 is 0. The van der Waals surface area contributed by atoms with Crippen LogP contribution in [0.3, 0.4) is 0 Å². The molecule has 1 aliphatic rings. The molecule has 0 aliphatic carbocycles. The monoisotopic (exact) mass is 430 g/mol. The summed E-state index contributed by atoms with van der Waals surface area (Å²) in [4.78, 5) is 33.4. The van der Waals surface area contributed by atoms with E-state index in [1.807, 2.05) is 30.3 Å². The molecule has 0 spiro atoms. The number of nitrogens with zero attached hydrogens (tertiary/aromatic N) is 4. The zero-order valence-corrected chi connectivity index (χ0v) is 17.4. The topological polar surface area (TPSA) is 140 Å². The predicted molar refractivity (Wildman–Crippen MR) is 122 cm³/mol. The normalized spacial score (nSPS) is 15.8. The first-order valence-electron chi connectivity index (χ1n) is 10.3. The van der Waals surface area contributed by atoms with Crippen molar-refractivity contribution in [2.75, 3.05) is 17.2 Å². The lowest BCUT2D eigenvalue weighted by molar-refractivity contribution is -0.117. The van der Waals surface area contributed by atoms with E-state index in [4.69, 9.17) is 5.73 Å². The minimum Gasteiger partial charge on any atom is -0.364 e. The number of carbonyl (C=O) groups excluding carboxylic acids is 2. The third-order valence-electron chi connectivity index (χ3n) is 5.60. The van der Waals surface area contributed by atoms with Gasteiger partial charge in [0.2, 0.25) is 11.9 Å². The van der Waals surface area contributed by atoms with Crippen LogP contribution in [0.4, 0.5) is 17.3 Å². The molecule has 1 aliphatic heterocycles. The smallest absolute Gasteiger partial charge is 0.269 e. The lowest BCUT2D eigenvalue weighted by atomic mass is 10.1. The lowest BCUT2D eigenvalue weighted by Crippen LogP contribution is -2.35. The van der Waals surface area contributed by atoms with Crippen LogP contribution in [0.5, 0.6) is 0 Å². The maximum atomic E-state index is 12.6. The number of hydrogen-bond donors (Lipinski definition) is 4. The second-order valence-electron chi connectivity index (χ2n) is 7.74. The van der Waals surface area contributed by atoms with Crippen molar-refractivity contribution >= 4 is 50.9 Å². The molecule has 4 aromatic rings. The molecular weight excluding hydrogens is 408 g/mol. The molecule has 2 aromatic carbocycles. The van der Waals surface area contributed by atoms with Crippen LogP contribution in [0.25, 0.3) is 21.8 Å². The summed E-state index contributed by atoms with van der Waals surface area (Å²) in [6, 6.07) is 10.8. The van der Waals surface area contributed by atoms with Crippen LogP contribution >= 0.6 is 0 Å². The van der Waals surface area contributed by atoms with Gasteiger partial charge in [0.15, 0.2) is 5.69 Å². The first kappa shape index (κ1) is 19.9. The van der Waals surface area contributed by atoms with Crippen LogP contribution in [0.2, 0.25) is 0 Å². The Balaban J connectivity index is 1.50. The van der Waals surface area contributed by atoms with Gasteiger partial charge in [0, 0.05) is 24.0 Å². The van der Waals surface area contributed by atoms with E-state index in [0.717, 1.165) is 24.8 Å². The third-order valence-corrected chi connectivity index (χ3v) is 5.60. The molecule has 2 amide bonds. The Hall–Kier alpha value is -4.05. The molecule has 0 saturated carbocycles. The van der Waals surface area contributed by atoms with Gasteiger partial charge in [-0.05, 0) is 37.6 Å². The maximum Gasteiger partial charge on any atom is 0.269 e. The summed E-state index contributed by atoms with van der Waals surface area (Å²) in [7, 11) is 1.74. The van der Waals surface area contributed by atoms with Crippen LogP contribution in [0.1, 0.15) is 23.3 Å². The molecule has 3 heterocycles. The standard InChI is InChI=1S/C22H22N8O2/c1-30-19-13(18(29-30)20(23)31)9-8-12-11-25-22(28-17(12)19)27-15-6-3-2-5-14(15)26-21(32)16-7-4-10-24-16/h2-3,5-6,8-9,11,16,24H,4,7,10H2,1H3,(H2,23,31)(H,26,32)(H,25,27,28). The minimum absolute atomic E-state index is 0.0632. The van der Waals surface area contributed by atoms with Gasteiger partial charge < -0.3 is 21.7 Å². The van der Waals surface area contributed by atoms with Gasteiger partial charge in [0.05, 0.1) is 22.9 Å². The fourth-order valence-electron chi connectivity index (χ4n) is 4.05. The molecule has 5 rings (SSSR count). The highest BCUT2D eigenvalue weighted by molar-refractivity contribution is 6.11. The third kappa shape index (κ3) is 3.50. The molecule has 32 heavy (non-hydrogen) atoms. The number of para-hydroxylation sites is 2. The molecule has 1 fully saturated rings. The van der Waals surface area contributed by atoms with E-state index in [0.29, 0.717) is 33.7 Å². The quantitative estimate of drug-likeness (QED) is 0.380. The van der Waals surface area contributed by atoms with E-state index in [1.165, 1.54) is 0 Å². The maximum absolute atomic E-state index is 12.6. The Morgan fingerprint density at radius 3 is 2.75 bits per heavy atom. The van der Waals surface area contributed by atoms with Crippen molar-refractivity contribution in [1.82, 2.24) is 25.1 Å². The highest BCUT2D eigenvalue weighted by Gasteiger charge is 2.23. The SMILES string of the molecule is Cn1nc(C(N)=O)c2ccc3cnc(Nc4ccccc4NC(=O)C4CCCN4)nc3c21. The van der Waals surface area contributed by atoms with Crippen LogP contribution in [0.15, 0.2) is 42.6 Å². The van der Waals surface area contributed by atoms with Gasteiger partial charge in [-0.2, -0.15) is 5.10 Å². The van der Waals surface area contributed by atoms with Crippen LogP contribution < -0.4 is 21.7 Å². The summed E-state index contributed by atoms with van der Waals surface area (Å²) in [5.41, 5.74) is 8.32. The molecule has 1 atom stereocenters. The Labute approximate surface area is 183 Å². The van der Waals surface area contributed by atoms with Gasteiger partial charge in [0.25, 0.3) is 5.91 Å². The van der Waals surface area contributed by atoms with E-state index >= 15 is 0 Å². The number of aromatic nitrogens is 4. The molecular formula is C22H22N8O2. The second-order valence-corrected chi connectivity index (χ2v) is 7.74. The summed E-state index contributed by atoms with van der Waals surface area (Å²) in [5.74, 6) is -0.303. The van der Waals surface area contributed by atoms with Crippen LogP contribution in [-0.2, 0) is 11.8 Å². The molecule has 1 saturated heterocycles. The highest BCUT2D eigenvalue weighted by atomic mass is 16.2. The van der Waals surface area contributed by atoms with E-state index < -0.39 is 5.91 Å². The molecule has 0 bridgehead atoms. The zero-order valence-electron chi connectivity index (χ0n) is 17.4. The zero-order chi connectivity index (χ0) is 22.2. The summed E-state index contributed by atoms with van der Waals surface area (Å²) < 4.78 is 1.59. The van der Waals surface area contributed by atoms with E-state index in [1.54, 1.807) is 24.0 Å². The Bertz CT molecular complexity index is 1360. The van der Waals surface area contributed by atoms with Crippen LogP contribution in [0, 0.1) is 0 Å². The van der Waals surface area contributed by atoms with E-state index in [9.17, 15) is 9.59 Å². The fraction of sp³-hybridized carbons (Fsp3) is 0.227. The molecule has 2 aromatic heterocycles. The Morgan fingerprint density at radius 1 is 1.19 bits per heavy atom. The van der Waals surface area contributed by atoms with Gasteiger partial charge in [-0.1, -0.05) is 18.2 Å². The van der Waals surface area contributed by atoms with E-state index in [2.05, 4.69) is 31.0 Å². The minimum atomic E-state index is -0.594. The molecule has 162 valence electrons. The number of benzene rings is 2. The van der Waals surface area contributed by atoms with E-state index in [-0.39, 0.29) is 17.6 Å². The van der Waals surface area contributed by atoms with Crippen molar-refractivity contribution in [3.05, 3.63) is 48.3 Å². The number of carbonyl (C=O) groups is 2. The average Bonchev–Trinajstić information content (AvgIpc) is 3.44. The van der Waals surface area contributed by atoms with Gasteiger partial charge in [-0.15, -0.1) is 0 Å². The van der Waals surface area contributed by atoms with Gasteiger partial charge in [0.1, 0.15) is 5.52 Å². The molecule has 1 unspecified atom stereocenters. The second kappa shape index (κ2) is 7.89. The largest absolute Gasteiger partial charge is 0.364 e. The summed E-state index contributed by atoms with van der Waals surface area (Å²) in [6.45, 7) is 0.850. The number of fused-ring (bicyclic) bond motifs is 3. The van der Waals surface area contributed by atoms with Gasteiger partial charge in [-0.25, -0.2) is 9.97 Å². The first-order valence-corrected chi connectivity index (χ1v) is 10.3. The molecule has 10 heteroatoms. The number of nitrogens with two attached hydrogens (primary N) is 1. The van der Waals surface area contributed by atoms with Crippen molar-refractivity contribution in [2.45, 2.75) is 18.9 Å². The molecule has 5 N–H and O–H groups in total. The summed E-state index contributed by atoms with van der Waals surface area (Å²) in [6.07, 6.45) is 3.51. The number of hydrogen-bond acceptors (Lipinski definition) is 7. The Kier molecular flexibility index (Phi) is 4.91. The summed E-state index contributed by atoms with van der Waals surface area (Å²) in [5, 5.41) is 15.1. The number of anilines is 3. The van der Waals surface area contributed by atoms with Crippen molar-refractivity contribution in [2.24, 2.45) is 12.8 Å². The van der Waals surface area contributed by atoms with Crippen molar-refractivity contribution in [3.8, 4) is 0 Å². The average molecular weight is 430 g/mol. The fourth-order valence-corrected chi connectivity index (χ4v) is 4.05. The Morgan fingerprint density at radius 2 is 2.00 bits per heavy atom. The van der Waals surface area contributed by atoms with Crippen molar-refractivity contribution < 1.29 is 9.59 Å². The van der Waals surface area contributed by atoms with Crippen molar-refractivity contribution in [3.63, 3.8) is 0 Å². The lowest BCUT2D eigenvalue weighted by Gasteiger charge is -2.15. The number of amides is 2. The number of aryl methyl sites for hydroxylation is 1. The predicted octanol–water partition coefficient (Wildman–Crippen LogP) is 2.05. The number of primary amides is 1. The molecule has 10 nitrogen and oxygen atoms in total.